The molecule has 0 aliphatic rings. The molecule has 3 aromatic rings. The van der Waals surface area contributed by atoms with Crippen molar-refractivity contribution in [1.29, 1.82) is 0 Å². The number of anilines is 2. The molecule has 2 N–H and O–H groups in total. The van der Waals surface area contributed by atoms with E-state index in [1.54, 1.807) is 12.1 Å². The van der Waals surface area contributed by atoms with Crippen LogP contribution in [0.3, 0.4) is 0 Å². The third-order valence-corrected chi connectivity index (χ3v) is 4.09. The Labute approximate surface area is 165 Å². The summed E-state index contributed by atoms with van der Waals surface area (Å²) in [6.45, 7) is 0. The maximum absolute atomic E-state index is 12.8. The van der Waals surface area contributed by atoms with Gasteiger partial charge in [0.15, 0.2) is 0 Å². The molecule has 0 heterocycles. The van der Waals surface area contributed by atoms with Crippen molar-refractivity contribution < 1.29 is 22.8 Å². The van der Waals surface area contributed by atoms with E-state index in [1.165, 1.54) is 24.3 Å². The molecule has 0 aliphatic carbocycles. The van der Waals surface area contributed by atoms with Crippen LogP contribution in [0.2, 0.25) is 0 Å². The Morgan fingerprint density at radius 3 is 2.10 bits per heavy atom. The van der Waals surface area contributed by atoms with Crippen molar-refractivity contribution >= 4 is 23.2 Å². The molecule has 3 rings (SSSR count). The maximum Gasteiger partial charge on any atom is 0.416 e. The molecule has 0 bridgehead atoms. The van der Waals surface area contributed by atoms with Gasteiger partial charge in [0.05, 0.1) is 12.0 Å². The second kappa shape index (κ2) is 8.60. The van der Waals surface area contributed by atoms with Crippen molar-refractivity contribution in [3.8, 4) is 0 Å². The van der Waals surface area contributed by atoms with Crippen LogP contribution in [0.1, 0.15) is 21.5 Å². The maximum atomic E-state index is 12.8. The van der Waals surface area contributed by atoms with Crippen molar-refractivity contribution in [1.82, 2.24) is 0 Å². The van der Waals surface area contributed by atoms with Gasteiger partial charge in [-0.2, -0.15) is 13.2 Å². The minimum absolute atomic E-state index is 0.0464. The number of nitrogens with one attached hydrogen (secondary N) is 2. The number of carbonyl (C=O) groups excluding carboxylic acids is 2. The minimum Gasteiger partial charge on any atom is -0.326 e. The van der Waals surface area contributed by atoms with Gasteiger partial charge in [0.2, 0.25) is 5.91 Å². The van der Waals surface area contributed by atoms with Gasteiger partial charge in [0.1, 0.15) is 0 Å². The van der Waals surface area contributed by atoms with Gasteiger partial charge in [-0.1, -0.05) is 36.4 Å². The lowest BCUT2D eigenvalue weighted by atomic mass is 10.1. The number of rotatable bonds is 5. The Balaban J connectivity index is 1.61. The SMILES string of the molecule is O=C(Cc1ccccc1)Nc1ccc(C(=O)Nc2cccc(C(F)(F)F)c2)cc1. The summed E-state index contributed by atoms with van der Waals surface area (Å²) in [7, 11) is 0. The highest BCUT2D eigenvalue weighted by Gasteiger charge is 2.30. The lowest BCUT2D eigenvalue weighted by Crippen LogP contribution is -2.15. The quantitative estimate of drug-likeness (QED) is 0.625. The van der Waals surface area contributed by atoms with Crippen molar-refractivity contribution in [2.75, 3.05) is 10.6 Å². The largest absolute Gasteiger partial charge is 0.416 e. The predicted molar refractivity (Wildman–Crippen MR) is 105 cm³/mol. The smallest absolute Gasteiger partial charge is 0.326 e. The molecule has 0 aromatic heterocycles. The predicted octanol–water partition coefficient (Wildman–Crippen LogP) is 5.14. The van der Waals surface area contributed by atoms with E-state index in [0.717, 1.165) is 17.7 Å². The monoisotopic (exact) mass is 398 g/mol. The molecule has 0 fully saturated rings. The molecule has 0 saturated carbocycles. The minimum atomic E-state index is -4.49. The first-order valence-electron chi connectivity index (χ1n) is 8.74. The molecule has 0 saturated heterocycles. The molecule has 0 aliphatic heterocycles. The van der Waals surface area contributed by atoms with Gasteiger partial charge in [-0.3, -0.25) is 9.59 Å². The Morgan fingerprint density at radius 2 is 1.45 bits per heavy atom. The zero-order valence-electron chi connectivity index (χ0n) is 15.2. The number of benzene rings is 3. The standard InChI is InChI=1S/C22H17F3N2O2/c23-22(24,25)17-7-4-8-19(14-17)27-21(29)16-9-11-18(12-10-16)26-20(28)13-15-5-2-1-3-6-15/h1-12,14H,13H2,(H,26,28)(H,27,29). The van der Waals surface area contributed by atoms with Crippen LogP contribution in [-0.2, 0) is 17.4 Å². The second-order valence-corrected chi connectivity index (χ2v) is 6.32. The second-order valence-electron chi connectivity index (χ2n) is 6.32. The average Bonchev–Trinajstić information content (AvgIpc) is 2.69. The van der Waals surface area contributed by atoms with Gasteiger partial charge in [0, 0.05) is 16.9 Å². The normalized spacial score (nSPS) is 11.0. The summed E-state index contributed by atoms with van der Waals surface area (Å²) >= 11 is 0. The number of alkyl halides is 3. The fourth-order valence-electron chi connectivity index (χ4n) is 2.67. The lowest BCUT2D eigenvalue weighted by Gasteiger charge is -2.10. The summed E-state index contributed by atoms with van der Waals surface area (Å²) in [6, 6.07) is 19.8. The molecule has 3 aromatic carbocycles. The van der Waals surface area contributed by atoms with Gasteiger partial charge >= 0.3 is 6.18 Å². The van der Waals surface area contributed by atoms with E-state index in [0.29, 0.717) is 5.69 Å². The molecular weight excluding hydrogens is 381 g/mol. The number of carbonyl (C=O) groups is 2. The van der Waals surface area contributed by atoms with Crippen LogP contribution in [0.5, 0.6) is 0 Å². The number of hydrogen-bond donors (Lipinski definition) is 2. The molecule has 0 spiro atoms. The number of hydrogen-bond acceptors (Lipinski definition) is 2. The van der Waals surface area contributed by atoms with E-state index in [1.807, 2.05) is 30.3 Å². The van der Waals surface area contributed by atoms with E-state index >= 15 is 0 Å². The average molecular weight is 398 g/mol. The summed E-state index contributed by atoms with van der Waals surface area (Å²) < 4.78 is 38.3. The first-order chi connectivity index (χ1) is 13.8. The van der Waals surface area contributed by atoms with Crippen LogP contribution in [0.15, 0.2) is 78.9 Å². The molecular formula is C22H17F3N2O2. The number of halogens is 3. The first-order valence-corrected chi connectivity index (χ1v) is 8.74. The molecule has 7 heteroatoms. The Kier molecular flexibility index (Phi) is 5.97. The van der Waals surface area contributed by atoms with Crippen molar-refractivity contribution in [2.24, 2.45) is 0 Å². The molecule has 0 unspecified atom stereocenters. The highest BCUT2D eigenvalue weighted by atomic mass is 19.4. The molecule has 4 nitrogen and oxygen atoms in total. The van der Waals surface area contributed by atoms with E-state index in [9.17, 15) is 22.8 Å². The van der Waals surface area contributed by atoms with Crippen molar-refractivity contribution in [2.45, 2.75) is 12.6 Å². The van der Waals surface area contributed by atoms with Crippen LogP contribution in [0.4, 0.5) is 24.5 Å². The van der Waals surface area contributed by atoms with E-state index in [-0.39, 0.29) is 23.6 Å². The molecule has 0 atom stereocenters. The number of amides is 2. The zero-order chi connectivity index (χ0) is 20.9. The summed E-state index contributed by atoms with van der Waals surface area (Å²) in [5.41, 5.74) is 0.851. The van der Waals surface area contributed by atoms with Crippen LogP contribution < -0.4 is 10.6 Å². The topological polar surface area (TPSA) is 58.2 Å². The van der Waals surface area contributed by atoms with E-state index in [4.69, 9.17) is 0 Å². The van der Waals surface area contributed by atoms with Crippen LogP contribution in [0, 0.1) is 0 Å². The fraction of sp³-hybridized carbons (Fsp3) is 0.0909. The van der Waals surface area contributed by atoms with Crippen molar-refractivity contribution in [3.63, 3.8) is 0 Å². The van der Waals surface area contributed by atoms with E-state index < -0.39 is 17.6 Å². The third-order valence-electron chi connectivity index (χ3n) is 4.09. The fourth-order valence-corrected chi connectivity index (χ4v) is 2.67. The first kappa shape index (κ1) is 20.1. The van der Waals surface area contributed by atoms with Crippen LogP contribution >= 0.6 is 0 Å². The van der Waals surface area contributed by atoms with Crippen LogP contribution in [0.25, 0.3) is 0 Å². The van der Waals surface area contributed by atoms with Gasteiger partial charge in [-0.15, -0.1) is 0 Å². The molecule has 0 radical (unpaired) electrons. The van der Waals surface area contributed by atoms with Gasteiger partial charge in [-0.25, -0.2) is 0 Å². The highest BCUT2D eigenvalue weighted by Crippen LogP contribution is 2.30. The highest BCUT2D eigenvalue weighted by molar-refractivity contribution is 6.04. The van der Waals surface area contributed by atoms with Crippen molar-refractivity contribution in [3.05, 3.63) is 95.6 Å². The van der Waals surface area contributed by atoms with Gasteiger partial charge < -0.3 is 10.6 Å². The van der Waals surface area contributed by atoms with Crippen LogP contribution in [-0.4, -0.2) is 11.8 Å². The lowest BCUT2D eigenvalue weighted by molar-refractivity contribution is -0.137. The molecule has 2 amide bonds. The Hall–Kier alpha value is -3.61. The van der Waals surface area contributed by atoms with Gasteiger partial charge in [0.25, 0.3) is 5.91 Å². The zero-order valence-corrected chi connectivity index (χ0v) is 15.2. The Morgan fingerprint density at radius 1 is 0.759 bits per heavy atom. The molecule has 148 valence electrons. The molecule has 29 heavy (non-hydrogen) atoms. The summed E-state index contributed by atoms with van der Waals surface area (Å²) in [5, 5.41) is 5.17. The third kappa shape index (κ3) is 5.68. The van der Waals surface area contributed by atoms with E-state index in [2.05, 4.69) is 10.6 Å². The summed E-state index contributed by atoms with van der Waals surface area (Å²) in [4.78, 5) is 24.3. The Bertz CT molecular complexity index is 1000. The summed E-state index contributed by atoms with van der Waals surface area (Å²) in [5.74, 6) is -0.746. The van der Waals surface area contributed by atoms with Gasteiger partial charge in [-0.05, 0) is 48.0 Å². The summed E-state index contributed by atoms with van der Waals surface area (Å²) in [6.07, 6.45) is -4.26.